The zero-order valence-corrected chi connectivity index (χ0v) is 11.3. The molecule has 1 aliphatic heterocycles. The van der Waals surface area contributed by atoms with E-state index in [0.29, 0.717) is 13.4 Å². The average molecular weight is 251 g/mol. The van der Waals surface area contributed by atoms with Crippen LogP contribution < -0.4 is 14.8 Å². The lowest BCUT2D eigenvalue weighted by atomic mass is 10.2. The molecule has 100 valence electrons. The topological polar surface area (TPSA) is 39.7 Å². The van der Waals surface area contributed by atoms with E-state index in [0.717, 1.165) is 30.2 Å². The van der Waals surface area contributed by atoms with Crippen molar-refractivity contribution in [1.82, 2.24) is 5.32 Å². The Morgan fingerprint density at radius 3 is 2.89 bits per heavy atom. The van der Waals surface area contributed by atoms with Gasteiger partial charge in [0.25, 0.3) is 0 Å². The van der Waals surface area contributed by atoms with Crippen LogP contribution in [-0.2, 0) is 11.3 Å². The first-order valence-corrected chi connectivity index (χ1v) is 6.28. The third-order valence-corrected chi connectivity index (χ3v) is 2.61. The first-order chi connectivity index (χ1) is 8.56. The number of benzene rings is 1. The number of hydrogen-bond donors (Lipinski definition) is 1. The van der Waals surface area contributed by atoms with Crippen molar-refractivity contribution in [2.24, 2.45) is 0 Å². The summed E-state index contributed by atoms with van der Waals surface area (Å²) in [5.41, 5.74) is 1.05. The smallest absolute Gasteiger partial charge is 0.231 e. The van der Waals surface area contributed by atoms with Gasteiger partial charge in [-0.05, 0) is 26.8 Å². The summed E-state index contributed by atoms with van der Waals surface area (Å²) in [6.07, 6.45) is 0. The van der Waals surface area contributed by atoms with Gasteiger partial charge in [0.15, 0.2) is 11.5 Å². The van der Waals surface area contributed by atoms with E-state index in [1.807, 2.05) is 18.2 Å². The van der Waals surface area contributed by atoms with Crippen molar-refractivity contribution >= 4 is 0 Å². The molecule has 0 radical (unpaired) electrons. The highest BCUT2D eigenvalue weighted by Crippen LogP contribution is 2.35. The third-order valence-electron chi connectivity index (χ3n) is 2.61. The largest absolute Gasteiger partial charge is 0.454 e. The highest BCUT2D eigenvalue weighted by Gasteiger charge is 2.16. The van der Waals surface area contributed by atoms with Crippen molar-refractivity contribution in [2.75, 3.05) is 19.9 Å². The fraction of sp³-hybridized carbons (Fsp3) is 0.571. The van der Waals surface area contributed by atoms with Gasteiger partial charge in [-0.1, -0.05) is 12.1 Å². The van der Waals surface area contributed by atoms with E-state index in [1.54, 1.807) is 0 Å². The number of nitrogens with one attached hydrogen (secondary N) is 1. The Morgan fingerprint density at radius 2 is 2.11 bits per heavy atom. The number of rotatable bonds is 5. The maximum Gasteiger partial charge on any atom is 0.231 e. The van der Waals surface area contributed by atoms with Gasteiger partial charge in [0, 0.05) is 18.7 Å². The Balaban J connectivity index is 1.76. The van der Waals surface area contributed by atoms with Crippen molar-refractivity contribution in [3.8, 4) is 11.5 Å². The predicted octanol–water partition coefficient (Wildman–Crippen LogP) is 2.32. The molecule has 0 aromatic heterocycles. The summed E-state index contributed by atoms with van der Waals surface area (Å²) >= 11 is 0. The van der Waals surface area contributed by atoms with E-state index < -0.39 is 0 Å². The summed E-state index contributed by atoms with van der Waals surface area (Å²) < 4.78 is 16.4. The highest BCUT2D eigenvalue weighted by atomic mass is 16.7. The second-order valence-corrected chi connectivity index (χ2v) is 5.29. The predicted molar refractivity (Wildman–Crippen MR) is 70.0 cm³/mol. The van der Waals surface area contributed by atoms with Crippen molar-refractivity contribution in [3.05, 3.63) is 23.8 Å². The van der Waals surface area contributed by atoms with Gasteiger partial charge in [-0.15, -0.1) is 0 Å². The molecular weight excluding hydrogens is 230 g/mol. The van der Waals surface area contributed by atoms with E-state index >= 15 is 0 Å². The van der Waals surface area contributed by atoms with Crippen LogP contribution in [0.5, 0.6) is 11.5 Å². The number of ether oxygens (including phenoxy) is 3. The summed E-state index contributed by atoms with van der Waals surface area (Å²) in [4.78, 5) is 0. The minimum absolute atomic E-state index is 0.0768. The molecule has 0 saturated heterocycles. The Hall–Kier alpha value is -1.26. The van der Waals surface area contributed by atoms with Crippen LogP contribution in [0.25, 0.3) is 0 Å². The standard InChI is InChI=1S/C14H21NO3/c1-14(2,3)18-8-7-15-9-11-5-4-6-12-13(11)17-10-16-12/h4-6,15H,7-10H2,1-3H3. The van der Waals surface area contributed by atoms with E-state index in [2.05, 4.69) is 26.1 Å². The van der Waals surface area contributed by atoms with Crippen LogP contribution in [-0.4, -0.2) is 25.5 Å². The molecule has 0 fully saturated rings. The zero-order chi connectivity index (χ0) is 13.0. The fourth-order valence-electron chi connectivity index (χ4n) is 1.78. The molecule has 1 N–H and O–H groups in total. The maximum atomic E-state index is 5.64. The average Bonchev–Trinajstić information content (AvgIpc) is 2.75. The van der Waals surface area contributed by atoms with E-state index in [4.69, 9.17) is 14.2 Å². The van der Waals surface area contributed by atoms with Gasteiger partial charge in [-0.2, -0.15) is 0 Å². The Bertz CT molecular complexity index is 399. The zero-order valence-electron chi connectivity index (χ0n) is 11.3. The third kappa shape index (κ3) is 3.62. The van der Waals surface area contributed by atoms with Crippen LogP contribution in [0.1, 0.15) is 26.3 Å². The van der Waals surface area contributed by atoms with Crippen LogP contribution in [0.15, 0.2) is 18.2 Å². The number of para-hydroxylation sites is 1. The van der Waals surface area contributed by atoms with Crippen molar-refractivity contribution in [1.29, 1.82) is 0 Å². The Labute approximate surface area is 108 Å². The number of hydrogen-bond acceptors (Lipinski definition) is 4. The first kappa shape index (κ1) is 13.2. The van der Waals surface area contributed by atoms with E-state index in [1.165, 1.54) is 0 Å². The van der Waals surface area contributed by atoms with Gasteiger partial charge >= 0.3 is 0 Å². The molecule has 4 heteroatoms. The van der Waals surface area contributed by atoms with Crippen molar-refractivity contribution in [2.45, 2.75) is 32.9 Å². The molecule has 2 rings (SSSR count). The number of fused-ring (bicyclic) bond motifs is 1. The molecule has 0 amide bonds. The summed E-state index contributed by atoms with van der Waals surface area (Å²) in [5, 5.41) is 3.34. The van der Waals surface area contributed by atoms with Crippen LogP contribution in [0, 0.1) is 0 Å². The molecule has 1 heterocycles. The first-order valence-electron chi connectivity index (χ1n) is 6.28. The van der Waals surface area contributed by atoms with Crippen LogP contribution in [0.2, 0.25) is 0 Å². The Kier molecular flexibility index (Phi) is 4.09. The fourth-order valence-corrected chi connectivity index (χ4v) is 1.78. The summed E-state index contributed by atoms with van der Waals surface area (Å²) in [6.45, 7) is 8.78. The van der Waals surface area contributed by atoms with Crippen LogP contribution in [0.4, 0.5) is 0 Å². The molecule has 1 aliphatic rings. The molecule has 1 aromatic carbocycles. The lowest BCUT2D eigenvalue weighted by molar-refractivity contribution is -0.000903. The van der Waals surface area contributed by atoms with E-state index in [9.17, 15) is 0 Å². The lowest BCUT2D eigenvalue weighted by Crippen LogP contribution is -2.26. The van der Waals surface area contributed by atoms with E-state index in [-0.39, 0.29) is 5.60 Å². The minimum atomic E-state index is -0.0768. The molecule has 18 heavy (non-hydrogen) atoms. The monoisotopic (exact) mass is 251 g/mol. The van der Waals surface area contributed by atoms with Gasteiger partial charge in [-0.3, -0.25) is 0 Å². The Morgan fingerprint density at radius 1 is 1.28 bits per heavy atom. The molecule has 0 atom stereocenters. The molecule has 0 spiro atoms. The second kappa shape index (κ2) is 5.59. The molecule has 0 saturated carbocycles. The highest BCUT2D eigenvalue weighted by molar-refractivity contribution is 5.48. The van der Waals surface area contributed by atoms with Crippen molar-refractivity contribution in [3.63, 3.8) is 0 Å². The molecule has 0 bridgehead atoms. The SMILES string of the molecule is CC(C)(C)OCCNCc1cccc2c1OCO2. The molecule has 1 aromatic rings. The second-order valence-electron chi connectivity index (χ2n) is 5.29. The molecular formula is C14H21NO3. The van der Waals surface area contributed by atoms with Crippen LogP contribution in [0.3, 0.4) is 0 Å². The molecule has 4 nitrogen and oxygen atoms in total. The van der Waals surface area contributed by atoms with Gasteiger partial charge < -0.3 is 19.5 Å². The van der Waals surface area contributed by atoms with Crippen molar-refractivity contribution < 1.29 is 14.2 Å². The lowest BCUT2D eigenvalue weighted by Gasteiger charge is -2.19. The normalized spacial score (nSPS) is 13.9. The summed E-state index contributed by atoms with van der Waals surface area (Å²) in [6, 6.07) is 5.95. The molecule has 0 unspecified atom stereocenters. The maximum absolute atomic E-state index is 5.64. The summed E-state index contributed by atoms with van der Waals surface area (Å²) in [7, 11) is 0. The quantitative estimate of drug-likeness (QED) is 0.815. The van der Waals surface area contributed by atoms with Gasteiger partial charge in [0.05, 0.1) is 12.2 Å². The van der Waals surface area contributed by atoms with Gasteiger partial charge in [0.2, 0.25) is 6.79 Å². The molecule has 0 aliphatic carbocycles. The minimum Gasteiger partial charge on any atom is -0.454 e. The van der Waals surface area contributed by atoms with Gasteiger partial charge in [0.1, 0.15) is 0 Å². The van der Waals surface area contributed by atoms with Gasteiger partial charge in [-0.25, -0.2) is 0 Å². The van der Waals surface area contributed by atoms with Crippen LogP contribution >= 0.6 is 0 Å². The summed E-state index contributed by atoms with van der Waals surface area (Å²) in [5.74, 6) is 1.70.